The van der Waals surface area contributed by atoms with E-state index < -0.39 is 0 Å². The van der Waals surface area contributed by atoms with Crippen LogP contribution in [0.1, 0.15) is 22.3 Å². The maximum atomic E-state index is 3.59. The molecule has 2 aromatic carbocycles. The minimum absolute atomic E-state index is 1.06. The lowest BCUT2D eigenvalue weighted by Crippen LogP contribution is -1.84. The lowest BCUT2D eigenvalue weighted by Gasteiger charge is -2.01. The van der Waals surface area contributed by atoms with Gasteiger partial charge in [-0.3, -0.25) is 0 Å². The average molecular weight is 233 g/mol. The van der Waals surface area contributed by atoms with Gasteiger partial charge in [0.25, 0.3) is 0 Å². The van der Waals surface area contributed by atoms with Crippen molar-refractivity contribution in [3.63, 3.8) is 0 Å². The van der Waals surface area contributed by atoms with Crippen molar-refractivity contribution in [1.82, 2.24) is 4.98 Å². The van der Waals surface area contributed by atoms with Crippen molar-refractivity contribution in [2.24, 2.45) is 0 Å². The fourth-order valence-corrected chi connectivity index (χ4v) is 3.09. The quantitative estimate of drug-likeness (QED) is 0.464. The molecule has 18 heavy (non-hydrogen) atoms. The van der Waals surface area contributed by atoms with Gasteiger partial charge in [-0.2, -0.15) is 0 Å². The number of hydrogen-bond donors (Lipinski definition) is 1. The molecular formula is C17H15N. The fourth-order valence-electron chi connectivity index (χ4n) is 3.09. The van der Waals surface area contributed by atoms with Crippen LogP contribution in [0.25, 0.3) is 22.2 Å². The van der Waals surface area contributed by atoms with E-state index >= 15 is 0 Å². The molecule has 1 aromatic heterocycles. The number of rotatable bonds is 0. The largest absolute Gasteiger partial charge is 0.354 e. The van der Waals surface area contributed by atoms with Gasteiger partial charge >= 0.3 is 0 Å². The molecule has 0 amide bonds. The van der Waals surface area contributed by atoms with Gasteiger partial charge in [0.1, 0.15) is 0 Å². The standard InChI is InChI=1S/C17H15N/c1-10-3-5-13-12(7-10)9-15-14-6-4-11(2)8-16(14)18-17(13)15/h3-8,18H,9H2,1-2H3. The van der Waals surface area contributed by atoms with E-state index in [1.165, 1.54) is 44.4 Å². The predicted octanol–water partition coefficient (Wildman–Crippen LogP) is 4.36. The molecule has 0 aliphatic heterocycles. The second-order valence-electron chi connectivity index (χ2n) is 5.36. The zero-order valence-electron chi connectivity index (χ0n) is 10.7. The number of nitrogens with one attached hydrogen (secondary N) is 1. The Bertz CT molecular complexity index is 778. The molecule has 1 heteroatoms. The molecule has 0 radical (unpaired) electrons. The average Bonchev–Trinajstić information content (AvgIpc) is 2.83. The van der Waals surface area contributed by atoms with Crippen LogP contribution < -0.4 is 0 Å². The summed E-state index contributed by atoms with van der Waals surface area (Å²) in [5.74, 6) is 0. The van der Waals surface area contributed by atoms with Crippen LogP contribution in [0.4, 0.5) is 0 Å². The van der Waals surface area contributed by atoms with E-state index in [9.17, 15) is 0 Å². The molecule has 0 atom stereocenters. The lowest BCUT2D eigenvalue weighted by atomic mass is 10.1. The molecule has 88 valence electrons. The summed E-state index contributed by atoms with van der Waals surface area (Å²) < 4.78 is 0. The van der Waals surface area contributed by atoms with Gasteiger partial charge in [-0.1, -0.05) is 35.9 Å². The highest BCUT2D eigenvalue weighted by atomic mass is 14.7. The molecule has 0 bridgehead atoms. The lowest BCUT2D eigenvalue weighted by molar-refractivity contribution is 1.27. The summed E-state index contributed by atoms with van der Waals surface area (Å²) in [4.78, 5) is 3.59. The highest BCUT2D eigenvalue weighted by Crippen LogP contribution is 2.40. The predicted molar refractivity (Wildman–Crippen MR) is 76.0 cm³/mol. The highest BCUT2D eigenvalue weighted by Gasteiger charge is 2.22. The van der Waals surface area contributed by atoms with E-state index in [1.807, 2.05) is 0 Å². The molecular weight excluding hydrogens is 218 g/mol. The van der Waals surface area contributed by atoms with E-state index in [-0.39, 0.29) is 0 Å². The molecule has 1 aliphatic carbocycles. The summed E-state index contributed by atoms with van der Waals surface area (Å²) in [5, 5.41) is 1.38. The van der Waals surface area contributed by atoms with Gasteiger partial charge in [0.15, 0.2) is 0 Å². The first kappa shape index (κ1) is 9.95. The van der Waals surface area contributed by atoms with Crippen LogP contribution in [0.3, 0.4) is 0 Å². The van der Waals surface area contributed by atoms with Gasteiger partial charge in [0.2, 0.25) is 0 Å². The van der Waals surface area contributed by atoms with Crippen molar-refractivity contribution >= 4 is 10.9 Å². The molecule has 0 unspecified atom stereocenters. The van der Waals surface area contributed by atoms with Gasteiger partial charge in [0, 0.05) is 22.9 Å². The van der Waals surface area contributed by atoms with Crippen molar-refractivity contribution in [3.8, 4) is 11.3 Å². The molecule has 1 heterocycles. The molecule has 0 saturated carbocycles. The molecule has 4 rings (SSSR count). The Morgan fingerprint density at radius 2 is 1.72 bits per heavy atom. The second-order valence-corrected chi connectivity index (χ2v) is 5.36. The number of aromatic amines is 1. The smallest absolute Gasteiger partial charge is 0.0503 e. The van der Waals surface area contributed by atoms with E-state index in [0.717, 1.165) is 6.42 Å². The maximum absolute atomic E-state index is 3.59. The number of aryl methyl sites for hydroxylation is 2. The highest BCUT2D eigenvalue weighted by molar-refractivity contribution is 5.94. The molecule has 0 spiro atoms. The molecule has 1 N–H and O–H groups in total. The van der Waals surface area contributed by atoms with E-state index in [2.05, 4.69) is 55.2 Å². The first-order chi connectivity index (χ1) is 8.72. The zero-order chi connectivity index (χ0) is 12.3. The topological polar surface area (TPSA) is 15.8 Å². The van der Waals surface area contributed by atoms with Crippen molar-refractivity contribution in [3.05, 3.63) is 58.7 Å². The normalized spacial score (nSPS) is 12.8. The van der Waals surface area contributed by atoms with Crippen LogP contribution in [-0.2, 0) is 6.42 Å². The Labute approximate surface area is 106 Å². The first-order valence-corrected chi connectivity index (χ1v) is 6.43. The minimum atomic E-state index is 1.06. The molecule has 0 saturated heterocycles. The van der Waals surface area contributed by atoms with Crippen LogP contribution in [0.15, 0.2) is 36.4 Å². The Hall–Kier alpha value is -2.02. The molecule has 1 aliphatic rings. The summed E-state index contributed by atoms with van der Waals surface area (Å²) in [6.45, 7) is 4.30. The van der Waals surface area contributed by atoms with E-state index in [1.54, 1.807) is 0 Å². The van der Waals surface area contributed by atoms with Crippen molar-refractivity contribution < 1.29 is 0 Å². The van der Waals surface area contributed by atoms with Crippen LogP contribution in [0.5, 0.6) is 0 Å². The first-order valence-electron chi connectivity index (χ1n) is 6.43. The molecule has 3 aromatic rings. The van der Waals surface area contributed by atoms with E-state index in [0.29, 0.717) is 0 Å². The zero-order valence-corrected chi connectivity index (χ0v) is 10.7. The molecule has 1 nitrogen and oxygen atoms in total. The fraction of sp³-hybridized carbons (Fsp3) is 0.176. The van der Waals surface area contributed by atoms with Gasteiger partial charge < -0.3 is 4.98 Å². The Kier molecular flexibility index (Phi) is 1.80. The van der Waals surface area contributed by atoms with Gasteiger partial charge in [-0.05, 0) is 36.6 Å². The second kappa shape index (κ2) is 3.26. The minimum Gasteiger partial charge on any atom is -0.354 e. The number of H-pyrrole nitrogens is 1. The summed E-state index contributed by atoms with van der Waals surface area (Å²) in [5.41, 5.74) is 9.55. The van der Waals surface area contributed by atoms with Crippen LogP contribution in [0.2, 0.25) is 0 Å². The van der Waals surface area contributed by atoms with E-state index in [4.69, 9.17) is 0 Å². The third-order valence-corrected chi connectivity index (χ3v) is 3.96. The van der Waals surface area contributed by atoms with Gasteiger partial charge in [0.05, 0.1) is 5.69 Å². The van der Waals surface area contributed by atoms with Crippen LogP contribution in [0, 0.1) is 13.8 Å². The van der Waals surface area contributed by atoms with Gasteiger partial charge in [-0.15, -0.1) is 0 Å². The summed E-state index contributed by atoms with van der Waals surface area (Å²) in [7, 11) is 0. The SMILES string of the molecule is Cc1ccc2c(c1)Cc1c-2[nH]c2cc(C)ccc12. The number of fused-ring (bicyclic) bond motifs is 5. The van der Waals surface area contributed by atoms with Crippen molar-refractivity contribution in [2.75, 3.05) is 0 Å². The third-order valence-electron chi connectivity index (χ3n) is 3.96. The van der Waals surface area contributed by atoms with Crippen molar-refractivity contribution in [2.45, 2.75) is 20.3 Å². The number of hydrogen-bond acceptors (Lipinski definition) is 0. The third kappa shape index (κ3) is 1.22. The summed E-state index contributed by atoms with van der Waals surface area (Å²) in [6.07, 6.45) is 1.06. The Balaban J connectivity index is 2.04. The Morgan fingerprint density at radius 1 is 0.944 bits per heavy atom. The summed E-state index contributed by atoms with van der Waals surface area (Å²) >= 11 is 0. The monoisotopic (exact) mass is 233 g/mol. The number of aromatic nitrogens is 1. The molecule has 0 fully saturated rings. The maximum Gasteiger partial charge on any atom is 0.0503 e. The van der Waals surface area contributed by atoms with Crippen LogP contribution in [-0.4, -0.2) is 4.98 Å². The van der Waals surface area contributed by atoms with Gasteiger partial charge in [-0.25, -0.2) is 0 Å². The van der Waals surface area contributed by atoms with Crippen LogP contribution >= 0.6 is 0 Å². The van der Waals surface area contributed by atoms with Crippen molar-refractivity contribution in [1.29, 1.82) is 0 Å². The summed E-state index contributed by atoms with van der Waals surface area (Å²) in [6, 6.07) is 13.4. The number of benzene rings is 2. The Morgan fingerprint density at radius 3 is 2.61 bits per heavy atom.